The van der Waals surface area contributed by atoms with Crippen molar-refractivity contribution in [2.45, 2.75) is 19.3 Å². The molecule has 0 atom stereocenters. The third kappa shape index (κ3) is 4.13. The quantitative estimate of drug-likeness (QED) is 0.914. The summed E-state index contributed by atoms with van der Waals surface area (Å²) in [5.41, 5.74) is 1.09. The van der Waals surface area contributed by atoms with Crippen LogP contribution in [0.3, 0.4) is 0 Å². The predicted octanol–water partition coefficient (Wildman–Crippen LogP) is 3.22. The summed E-state index contributed by atoms with van der Waals surface area (Å²) in [6, 6.07) is 5.73. The molecule has 1 N–H and O–H groups in total. The van der Waals surface area contributed by atoms with E-state index in [1.54, 1.807) is 0 Å². The van der Waals surface area contributed by atoms with Gasteiger partial charge in [0.25, 0.3) is 0 Å². The van der Waals surface area contributed by atoms with Crippen LogP contribution in [0.5, 0.6) is 0 Å². The van der Waals surface area contributed by atoms with E-state index in [0.717, 1.165) is 54.6 Å². The molecule has 0 radical (unpaired) electrons. The van der Waals surface area contributed by atoms with Crippen LogP contribution in [0.25, 0.3) is 0 Å². The summed E-state index contributed by atoms with van der Waals surface area (Å²) in [4.78, 5) is 2.52. The van der Waals surface area contributed by atoms with E-state index in [4.69, 9.17) is 23.2 Å². The molecule has 4 heteroatoms. The maximum absolute atomic E-state index is 6.17. The first kappa shape index (κ1) is 14.1. The molecular formula is C14H20Cl2N2. The number of hydrogen-bond donors (Lipinski definition) is 1. The van der Waals surface area contributed by atoms with Gasteiger partial charge in [0.05, 0.1) is 0 Å². The molecule has 2 rings (SSSR count). The van der Waals surface area contributed by atoms with Gasteiger partial charge in [0, 0.05) is 23.1 Å². The first-order valence-corrected chi connectivity index (χ1v) is 7.39. The Morgan fingerprint density at radius 3 is 2.67 bits per heavy atom. The molecule has 0 amide bonds. The fourth-order valence-corrected chi connectivity index (χ4v) is 2.96. The highest BCUT2D eigenvalue weighted by Crippen LogP contribution is 2.25. The second-order valence-corrected chi connectivity index (χ2v) is 5.56. The molecule has 18 heavy (non-hydrogen) atoms. The van der Waals surface area contributed by atoms with E-state index in [1.807, 2.05) is 18.2 Å². The van der Waals surface area contributed by atoms with Crippen LogP contribution in [0, 0.1) is 0 Å². The standard InChI is InChI=1S/C14H20Cl2N2/c15-13-5-1-6-14(16)12(13)4-2-9-18-10-3-7-17-8-11-18/h1,5-6,17H,2-4,7-11H2. The maximum atomic E-state index is 6.17. The number of rotatable bonds is 4. The van der Waals surface area contributed by atoms with Crippen LogP contribution in [0.4, 0.5) is 0 Å². The zero-order valence-corrected chi connectivity index (χ0v) is 12.1. The molecule has 100 valence electrons. The van der Waals surface area contributed by atoms with Crippen molar-refractivity contribution in [2.24, 2.45) is 0 Å². The Balaban J connectivity index is 1.80. The summed E-state index contributed by atoms with van der Waals surface area (Å²) in [7, 11) is 0. The minimum atomic E-state index is 0.792. The van der Waals surface area contributed by atoms with Gasteiger partial charge in [-0.1, -0.05) is 29.3 Å². The summed E-state index contributed by atoms with van der Waals surface area (Å²) in [6.45, 7) is 5.72. The summed E-state index contributed by atoms with van der Waals surface area (Å²) in [5.74, 6) is 0. The van der Waals surface area contributed by atoms with E-state index in [0.29, 0.717) is 0 Å². The smallest absolute Gasteiger partial charge is 0.0452 e. The molecule has 0 saturated carbocycles. The second kappa shape index (κ2) is 7.34. The maximum Gasteiger partial charge on any atom is 0.0452 e. The fraction of sp³-hybridized carbons (Fsp3) is 0.571. The van der Waals surface area contributed by atoms with Gasteiger partial charge in [0.15, 0.2) is 0 Å². The Bertz CT molecular complexity index is 354. The van der Waals surface area contributed by atoms with E-state index in [-0.39, 0.29) is 0 Å². The SMILES string of the molecule is Clc1cccc(Cl)c1CCCN1CCCNCC1. The van der Waals surface area contributed by atoms with Gasteiger partial charge in [-0.15, -0.1) is 0 Å². The molecule has 1 heterocycles. The average Bonchev–Trinajstić information content (AvgIpc) is 2.61. The van der Waals surface area contributed by atoms with Gasteiger partial charge < -0.3 is 10.2 Å². The fourth-order valence-electron chi connectivity index (χ4n) is 2.38. The number of benzene rings is 1. The molecule has 0 bridgehead atoms. The zero-order valence-electron chi connectivity index (χ0n) is 10.6. The highest BCUT2D eigenvalue weighted by Gasteiger charge is 2.09. The molecule has 0 aliphatic carbocycles. The van der Waals surface area contributed by atoms with Crippen LogP contribution >= 0.6 is 23.2 Å². The highest BCUT2D eigenvalue weighted by atomic mass is 35.5. The van der Waals surface area contributed by atoms with Gasteiger partial charge >= 0.3 is 0 Å². The lowest BCUT2D eigenvalue weighted by Crippen LogP contribution is -2.29. The summed E-state index contributed by atoms with van der Waals surface area (Å²) < 4.78 is 0. The molecule has 1 aromatic rings. The van der Waals surface area contributed by atoms with Crippen molar-refractivity contribution in [2.75, 3.05) is 32.7 Å². The van der Waals surface area contributed by atoms with Crippen LogP contribution in [0.1, 0.15) is 18.4 Å². The summed E-state index contributed by atoms with van der Waals surface area (Å²) in [5, 5.41) is 5.00. The lowest BCUT2D eigenvalue weighted by molar-refractivity contribution is 0.289. The molecule has 0 unspecified atom stereocenters. The van der Waals surface area contributed by atoms with Gasteiger partial charge in [-0.05, 0) is 56.6 Å². The number of nitrogens with zero attached hydrogens (tertiary/aromatic N) is 1. The molecule has 2 nitrogen and oxygen atoms in total. The largest absolute Gasteiger partial charge is 0.315 e. The predicted molar refractivity (Wildman–Crippen MR) is 78.7 cm³/mol. The monoisotopic (exact) mass is 286 g/mol. The lowest BCUT2D eigenvalue weighted by Gasteiger charge is -2.19. The Morgan fingerprint density at radius 1 is 1.11 bits per heavy atom. The van der Waals surface area contributed by atoms with Crippen molar-refractivity contribution in [1.82, 2.24) is 10.2 Å². The van der Waals surface area contributed by atoms with Crippen molar-refractivity contribution < 1.29 is 0 Å². The number of hydrogen-bond acceptors (Lipinski definition) is 2. The molecule has 0 aromatic heterocycles. The van der Waals surface area contributed by atoms with Gasteiger partial charge in [0.2, 0.25) is 0 Å². The molecule has 0 spiro atoms. The van der Waals surface area contributed by atoms with Crippen LogP contribution in [-0.4, -0.2) is 37.6 Å². The Labute approximate surface area is 119 Å². The van der Waals surface area contributed by atoms with Crippen molar-refractivity contribution >= 4 is 23.2 Å². The number of halogens is 2. The first-order valence-electron chi connectivity index (χ1n) is 6.63. The molecular weight excluding hydrogens is 267 g/mol. The first-order chi connectivity index (χ1) is 8.77. The van der Waals surface area contributed by atoms with E-state index in [1.165, 1.54) is 13.0 Å². The third-order valence-corrected chi connectivity index (χ3v) is 4.10. The van der Waals surface area contributed by atoms with Crippen molar-refractivity contribution in [3.63, 3.8) is 0 Å². The molecule has 1 aliphatic heterocycles. The van der Waals surface area contributed by atoms with E-state index in [2.05, 4.69) is 10.2 Å². The summed E-state index contributed by atoms with van der Waals surface area (Å²) in [6.07, 6.45) is 3.32. The Hall–Kier alpha value is -0.280. The topological polar surface area (TPSA) is 15.3 Å². The Morgan fingerprint density at radius 2 is 1.89 bits per heavy atom. The minimum Gasteiger partial charge on any atom is -0.315 e. The molecule has 1 saturated heterocycles. The van der Waals surface area contributed by atoms with E-state index < -0.39 is 0 Å². The molecule has 1 aliphatic rings. The normalized spacial score (nSPS) is 17.7. The van der Waals surface area contributed by atoms with Crippen molar-refractivity contribution in [3.05, 3.63) is 33.8 Å². The van der Waals surface area contributed by atoms with E-state index in [9.17, 15) is 0 Å². The average molecular weight is 287 g/mol. The van der Waals surface area contributed by atoms with E-state index >= 15 is 0 Å². The third-order valence-electron chi connectivity index (χ3n) is 3.40. The highest BCUT2D eigenvalue weighted by molar-refractivity contribution is 6.35. The van der Waals surface area contributed by atoms with Crippen LogP contribution in [0.15, 0.2) is 18.2 Å². The zero-order chi connectivity index (χ0) is 12.8. The Kier molecular flexibility index (Phi) is 5.77. The van der Waals surface area contributed by atoms with Gasteiger partial charge in [-0.25, -0.2) is 0 Å². The van der Waals surface area contributed by atoms with Gasteiger partial charge in [-0.2, -0.15) is 0 Å². The lowest BCUT2D eigenvalue weighted by atomic mass is 10.1. The molecule has 1 fully saturated rings. The van der Waals surface area contributed by atoms with Crippen molar-refractivity contribution in [1.29, 1.82) is 0 Å². The van der Waals surface area contributed by atoms with Gasteiger partial charge in [-0.3, -0.25) is 0 Å². The number of nitrogens with one attached hydrogen (secondary N) is 1. The van der Waals surface area contributed by atoms with Crippen LogP contribution < -0.4 is 5.32 Å². The minimum absolute atomic E-state index is 0.792. The van der Waals surface area contributed by atoms with Crippen LogP contribution in [-0.2, 0) is 6.42 Å². The van der Waals surface area contributed by atoms with Gasteiger partial charge in [0.1, 0.15) is 0 Å². The van der Waals surface area contributed by atoms with Crippen LogP contribution in [0.2, 0.25) is 10.0 Å². The second-order valence-electron chi connectivity index (χ2n) is 4.75. The van der Waals surface area contributed by atoms with Crippen molar-refractivity contribution in [3.8, 4) is 0 Å². The summed E-state index contributed by atoms with van der Waals surface area (Å²) >= 11 is 12.3. The molecule has 1 aromatic carbocycles.